The van der Waals surface area contributed by atoms with E-state index in [9.17, 15) is 5.11 Å². The van der Waals surface area contributed by atoms with Gasteiger partial charge in [0, 0.05) is 20.1 Å². The first-order chi connectivity index (χ1) is 7.27. The lowest BCUT2D eigenvalue weighted by molar-refractivity contribution is -0.106. The molecule has 0 aliphatic heterocycles. The number of aliphatic hydroxyl groups excluding tert-OH is 1. The summed E-state index contributed by atoms with van der Waals surface area (Å²) in [5.74, 6) is 0.227. The molecule has 0 radical (unpaired) electrons. The molecule has 15 heavy (non-hydrogen) atoms. The second-order valence-electron chi connectivity index (χ2n) is 3.77. The molecule has 1 saturated carbocycles. The van der Waals surface area contributed by atoms with Gasteiger partial charge in [-0.05, 0) is 12.8 Å². The standard InChI is InChI=1S/C10H20O5/c1-12-6-14-5-8-3-9(11)4-10(8)15-7-13-2/h8-11H,3-7H2,1-2H3/t8-,9+,10+/m0/s1. The maximum atomic E-state index is 9.52. The van der Waals surface area contributed by atoms with Crippen molar-refractivity contribution in [2.75, 3.05) is 34.4 Å². The molecule has 0 aromatic heterocycles. The van der Waals surface area contributed by atoms with Crippen LogP contribution in [0.5, 0.6) is 0 Å². The molecule has 1 N–H and O–H groups in total. The molecule has 0 aromatic rings. The number of methoxy groups -OCH3 is 2. The van der Waals surface area contributed by atoms with Crippen LogP contribution in [-0.2, 0) is 18.9 Å². The molecule has 0 aromatic carbocycles. The lowest BCUT2D eigenvalue weighted by Crippen LogP contribution is -2.23. The maximum absolute atomic E-state index is 9.52. The third-order valence-electron chi connectivity index (χ3n) is 2.54. The van der Waals surface area contributed by atoms with Gasteiger partial charge in [-0.25, -0.2) is 0 Å². The van der Waals surface area contributed by atoms with E-state index in [-0.39, 0.29) is 31.7 Å². The van der Waals surface area contributed by atoms with Crippen LogP contribution < -0.4 is 0 Å². The molecule has 0 unspecified atom stereocenters. The van der Waals surface area contributed by atoms with Gasteiger partial charge >= 0.3 is 0 Å². The van der Waals surface area contributed by atoms with E-state index in [1.54, 1.807) is 14.2 Å². The van der Waals surface area contributed by atoms with Crippen molar-refractivity contribution in [1.82, 2.24) is 0 Å². The van der Waals surface area contributed by atoms with E-state index in [0.29, 0.717) is 13.0 Å². The van der Waals surface area contributed by atoms with Gasteiger partial charge in [0.15, 0.2) is 0 Å². The zero-order valence-electron chi connectivity index (χ0n) is 9.35. The van der Waals surface area contributed by atoms with Crippen molar-refractivity contribution >= 4 is 0 Å². The quantitative estimate of drug-likeness (QED) is 0.496. The summed E-state index contributed by atoms with van der Waals surface area (Å²) >= 11 is 0. The van der Waals surface area contributed by atoms with Crippen molar-refractivity contribution in [1.29, 1.82) is 0 Å². The molecule has 1 rings (SSSR count). The van der Waals surface area contributed by atoms with E-state index in [0.717, 1.165) is 6.42 Å². The van der Waals surface area contributed by atoms with E-state index in [1.807, 2.05) is 0 Å². The molecule has 3 atom stereocenters. The van der Waals surface area contributed by atoms with Crippen LogP contribution in [0.1, 0.15) is 12.8 Å². The SMILES string of the molecule is COCOC[C@@H]1C[C@@H](O)C[C@H]1OCOC. The Labute approximate surface area is 90.3 Å². The minimum absolute atomic E-state index is 0.0248. The zero-order valence-corrected chi connectivity index (χ0v) is 9.35. The predicted molar refractivity (Wildman–Crippen MR) is 53.3 cm³/mol. The van der Waals surface area contributed by atoms with Crippen LogP contribution in [0.25, 0.3) is 0 Å². The lowest BCUT2D eigenvalue weighted by atomic mass is 10.1. The van der Waals surface area contributed by atoms with Gasteiger partial charge in [0.25, 0.3) is 0 Å². The fraction of sp³-hybridized carbons (Fsp3) is 1.00. The number of aliphatic hydroxyl groups is 1. The Morgan fingerprint density at radius 3 is 2.53 bits per heavy atom. The third-order valence-corrected chi connectivity index (χ3v) is 2.54. The van der Waals surface area contributed by atoms with Crippen LogP contribution in [0.3, 0.4) is 0 Å². The van der Waals surface area contributed by atoms with Crippen LogP contribution in [0.15, 0.2) is 0 Å². The summed E-state index contributed by atoms with van der Waals surface area (Å²) < 4.78 is 20.4. The van der Waals surface area contributed by atoms with Crippen LogP contribution in [0, 0.1) is 5.92 Å². The fourth-order valence-corrected chi connectivity index (χ4v) is 1.88. The maximum Gasteiger partial charge on any atom is 0.146 e. The van der Waals surface area contributed by atoms with E-state index in [4.69, 9.17) is 18.9 Å². The Hall–Kier alpha value is -0.200. The Kier molecular flexibility index (Phi) is 6.12. The van der Waals surface area contributed by atoms with Gasteiger partial charge in [0.05, 0.1) is 18.8 Å². The van der Waals surface area contributed by atoms with Crippen LogP contribution >= 0.6 is 0 Å². The fourth-order valence-electron chi connectivity index (χ4n) is 1.88. The molecule has 0 amide bonds. The van der Waals surface area contributed by atoms with Gasteiger partial charge in [0.1, 0.15) is 13.6 Å². The normalized spacial score (nSPS) is 31.0. The van der Waals surface area contributed by atoms with Crippen molar-refractivity contribution in [3.63, 3.8) is 0 Å². The molecule has 0 heterocycles. The summed E-state index contributed by atoms with van der Waals surface area (Å²) in [6.07, 6.45) is 1.11. The third kappa shape index (κ3) is 4.44. The van der Waals surface area contributed by atoms with E-state index >= 15 is 0 Å². The summed E-state index contributed by atoms with van der Waals surface area (Å²) in [5, 5.41) is 9.52. The highest BCUT2D eigenvalue weighted by molar-refractivity contribution is 4.83. The summed E-state index contributed by atoms with van der Waals surface area (Å²) in [4.78, 5) is 0. The first-order valence-corrected chi connectivity index (χ1v) is 5.13. The molecule has 0 bridgehead atoms. The predicted octanol–water partition coefficient (Wildman–Crippen LogP) is 0.367. The zero-order chi connectivity index (χ0) is 11.1. The van der Waals surface area contributed by atoms with Crippen molar-refractivity contribution in [3.05, 3.63) is 0 Å². The molecule has 0 saturated heterocycles. The Morgan fingerprint density at radius 1 is 1.13 bits per heavy atom. The summed E-state index contributed by atoms with van der Waals surface area (Å²) in [7, 11) is 3.17. The summed E-state index contributed by atoms with van der Waals surface area (Å²) in [5.41, 5.74) is 0. The van der Waals surface area contributed by atoms with E-state index < -0.39 is 0 Å². The minimum atomic E-state index is -0.289. The van der Waals surface area contributed by atoms with Gasteiger partial charge in [-0.2, -0.15) is 0 Å². The summed E-state index contributed by atoms with van der Waals surface area (Å²) in [6.45, 7) is 1.10. The van der Waals surface area contributed by atoms with E-state index in [1.165, 1.54) is 0 Å². The van der Waals surface area contributed by atoms with Crippen LogP contribution in [0.4, 0.5) is 0 Å². The molecular weight excluding hydrogens is 200 g/mol. The average molecular weight is 220 g/mol. The molecular formula is C10H20O5. The Morgan fingerprint density at radius 2 is 1.87 bits per heavy atom. The summed E-state index contributed by atoms with van der Waals surface area (Å²) in [6, 6.07) is 0. The highest BCUT2D eigenvalue weighted by Crippen LogP contribution is 2.28. The molecule has 1 aliphatic rings. The average Bonchev–Trinajstić information content (AvgIpc) is 2.56. The Bertz CT molecular complexity index is 164. The Balaban J connectivity index is 2.25. The molecule has 5 nitrogen and oxygen atoms in total. The van der Waals surface area contributed by atoms with Crippen molar-refractivity contribution in [3.8, 4) is 0 Å². The van der Waals surface area contributed by atoms with Crippen molar-refractivity contribution in [2.24, 2.45) is 5.92 Å². The van der Waals surface area contributed by atoms with Crippen LogP contribution in [0.2, 0.25) is 0 Å². The van der Waals surface area contributed by atoms with Gasteiger partial charge < -0.3 is 24.1 Å². The second kappa shape index (κ2) is 7.14. The number of hydrogen-bond acceptors (Lipinski definition) is 5. The minimum Gasteiger partial charge on any atom is -0.393 e. The number of ether oxygens (including phenoxy) is 4. The molecule has 5 heteroatoms. The number of hydrogen-bond donors (Lipinski definition) is 1. The number of rotatable bonds is 7. The van der Waals surface area contributed by atoms with E-state index in [2.05, 4.69) is 0 Å². The van der Waals surface area contributed by atoms with Crippen molar-refractivity contribution in [2.45, 2.75) is 25.0 Å². The monoisotopic (exact) mass is 220 g/mol. The molecule has 90 valence electrons. The van der Waals surface area contributed by atoms with Gasteiger partial charge in [-0.3, -0.25) is 0 Å². The second-order valence-corrected chi connectivity index (χ2v) is 3.77. The lowest BCUT2D eigenvalue weighted by Gasteiger charge is -2.19. The highest BCUT2D eigenvalue weighted by atomic mass is 16.7. The molecule has 1 fully saturated rings. The highest BCUT2D eigenvalue weighted by Gasteiger charge is 2.34. The molecule has 0 spiro atoms. The van der Waals surface area contributed by atoms with Gasteiger partial charge in [-0.1, -0.05) is 0 Å². The topological polar surface area (TPSA) is 57.2 Å². The van der Waals surface area contributed by atoms with Gasteiger partial charge in [-0.15, -0.1) is 0 Å². The van der Waals surface area contributed by atoms with Crippen LogP contribution in [-0.4, -0.2) is 51.7 Å². The van der Waals surface area contributed by atoms with Crippen molar-refractivity contribution < 1.29 is 24.1 Å². The largest absolute Gasteiger partial charge is 0.393 e. The first-order valence-electron chi connectivity index (χ1n) is 5.13. The smallest absolute Gasteiger partial charge is 0.146 e. The first kappa shape index (κ1) is 12.9. The van der Waals surface area contributed by atoms with Gasteiger partial charge in [0.2, 0.25) is 0 Å². The molecule has 1 aliphatic carbocycles.